The van der Waals surface area contributed by atoms with E-state index >= 15 is 0 Å². The van der Waals surface area contributed by atoms with Gasteiger partial charge in [-0.1, -0.05) is 48.1 Å². The van der Waals surface area contributed by atoms with Crippen molar-refractivity contribution in [2.75, 3.05) is 13.1 Å². The lowest BCUT2D eigenvalue weighted by Crippen LogP contribution is -2.36. The molecule has 4 rings (SSSR count). The molecule has 122 valence electrons. The molecule has 0 bridgehead atoms. The molecular weight excluding hydrogens is 304 g/mol. The Morgan fingerprint density at radius 2 is 2.00 bits per heavy atom. The van der Waals surface area contributed by atoms with Crippen LogP contribution in [0.3, 0.4) is 0 Å². The minimum absolute atomic E-state index is 0.520. The average Bonchev–Trinajstić information content (AvgIpc) is 3.14. The third-order valence-corrected chi connectivity index (χ3v) is 6.22. The van der Waals surface area contributed by atoms with Crippen molar-refractivity contribution < 1.29 is 0 Å². The van der Waals surface area contributed by atoms with Crippen LogP contribution in [0.25, 0.3) is 0 Å². The van der Waals surface area contributed by atoms with Crippen LogP contribution < -0.4 is 10.6 Å². The van der Waals surface area contributed by atoms with Crippen molar-refractivity contribution in [3.8, 4) is 0 Å². The second-order valence-electron chi connectivity index (χ2n) is 6.76. The maximum Gasteiger partial charge on any atom is 0.131 e. The highest BCUT2D eigenvalue weighted by Gasteiger charge is 2.27. The molecule has 2 heterocycles. The molecule has 4 nitrogen and oxygen atoms in total. The first kappa shape index (κ1) is 15.2. The summed E-state index contributed by atoms with van der Waals surface area (Å²) < 4.78 is 0. The van der Waals surface area contributed by atoms with E-state index in [1.807, 2.05) is 0 Å². The number of aromatic nitrogens is 2. The van der Waals surface area contributed by atoms with Crippen LogP contribution in [0.4, 0.5) is 0 Å². The highest BCUT2D eigenvalue weighted by molar-refractivity contribution is 7.11. The van der Waals surface area contributed by atoms with Crippen molar-refractivity contribution >= 4 is 11.3 Å². The summed E-state index contributed by atoms with van der Waals surface area (Å²) in [6.07, 6.45) is 5.09. The van der Waals surface area contributed by atoms with Crippen LogP contribution in [-0.4, -0.2) is 29.3 Å². The fourth-order valence-corrected chi connectivity index (χ4v) is 4.44. The van der Waals surface area contributed by atoms with Crippen LogP contribution in [0.15, 0.2) is 30.3 Å². The number of nitrogens with one attached hydrogen (secondary N) is 2. The molecule has 2 atom stereocenters. The highest BCUT2D eigenvalue weighted by atomic mass is 32.1. The van der Waals surface area contributed by atoms with E-state index in [-0.39, 0.29) is 0 Å². The summed E-state index contributed by atoms with van der Waals surface area (Å²) in [6, 6.07) is 11.3. The number of rotatable bonds is 6. The topological polar surface area (TPSA) is 49.8 Å². The maximum absolute atomic E-state index is 4.38. The fraction of sp³-hybridized carbons (Fsp3) is 0.556. The molecule has 0 unspecified atom stereocenters. The van der Waals surface area contributed by atoms with Crippen molar-refractivity contribution in [2.24, 2.45) is 5.92 Å². The summed E-state index contributed by atoms with van der Waals surface area (Å²) in [7, 11) is 0. The van der Waals surface area contributed by atoms with Gasteiger partial charge in [0.15, 0.2) is 0 Å². The Labute approximate surface area is 141 Å². The molecule has 0 amide bonds. The van der Waals surface area contributed by atoms with Crippen LogP contribution >= 0.6 is 11.3 Å². The van der Waals surface area contributed by atoms with Gasteiger partial charge < -0.3 is 10.6 Å². The molecule has 1 aromatic heterocycles. The molecule has 0 spiro atoms. The zero-order chi connectivity index (χ0) is 15.5. The Bertz CT molecular complexity index is 623. The molecule has 23 heavy (non-hydrogen) atoms. The number of nitrogens with zero attached hydrogens (tertiary/aromatic N) is 2. The Morgan fingerprint density at radius 3 is 2.78 bits per heavy atom. The molecule has 2 aliphatic rings. The molecule has 1 aromatic carbocycles. The molecule has 1 saturated carbocycles. The van der Waals surface area contributed by atoms with E-state index in [0.717, 1.165) is 31.1 Å². The molecule has 1 aliphatic carbocycles. The lowest BCUT2D eigenvalue weighted by atomic mass is 9.86. The van der Waals surface area contributed by atoms with Gasteiger partial charge in [0, 0.05) is 18.5 Å². The summed E-state index contributed by atoms with van der Waals surface area (Å²) in [5, 5.41) is 18.4. The van der Waals surface area contributed by atoms with Gasteiger partial charge >= 0.3 is 0 Å². The Hall–Kier alpha value is -1.30. The summed E-state index contributed by atoms with van der Waals surface area (Å²) in [5.74, 6) is 1.34. The maximum atomic E-state index is 4.38. The second-order valence-corrected chi connectivity index (χ2v) is 7.85. The summed E-state index contributed by atoms with van der Waals surface area (Å²) >= 11 is 1.80. The SMILES string of the molecule is c1ccc(C[C@H]2CNC[C@H]2NCc2nnc(C3CCC3)s2)cc1. The minimum atomic E-state index is 0.520. The van der Waals surface area contributed by atoms with E-state index in [4.69, 9.17) is 0 Å². The van der Waals surface area contributed by atoms with Gasteiger partial charge in [0.05, 0.1) is 6.54 Å². The molecule has 1 saturated heterocycles. The first-order valence-corrected chi connectivity index (χ1v) is 9.50. The van der Waals surface area contributed by atoms with E-state index in [2.05, 4.69) is 51.2 Å². The monoisotopic (exact) mass is 328 g/mol. The van der Waals surface area contributed by atoms with Gasteiger partial charge in [0.1, 0.15) is 10.0 Å². The molecule has 0 radical (unpaired) electrons. The molecular formula is C18H24N4S. The molecule has 5 heteroatoms. The lowest BCUT2D eigenvalue weighted by molar-refractivity contribution is 0.415. The van der Waals surface area contributed by atoms with E-state index < -0.39 is 0 Å². The third kappa shape index (κ3) is 3.62. The van der Waals surface area contributed by atoms with Crippen LogP contribution in [-0.2, 0) is 13.0 Å². The van der Waals surface area contributed by atoms with E-state index in [1.54, 1.807) is 11.3 Å². The third-order valence-electron chi connectivity index (χ3n) is 5.13. The van der Waals surface area contributed by atoms with Gasteiger partial charge in [-0.25, -0.2) is 0 Å². The van der Waals surface area contributed by atoms with Crippen molar-refractivity contribution in [1.29, 1.82) is 0 Å². The van der Waals surface area contributed by atoms with Gasteiger partial charge in [-0.3, -0.25) is 0 Å². The van der Waals surface area contributed by atoms with Gasteiger partial charge in [0.2, 0.25) is 0 Å². The molecule has 2 aromatic rings. The number of benzene rings is 1. The quantitative estimate of drug-likeness (QED) is 0.856. The van der Waals surface area contributed by atoms with E-state index in [9.17, 15) is 0 Å². The summed E-state index contributed by atoms with van der Waals surface area (Å²) in [5.41, 5.74) is 1.43. The molecule has 1 aliphatic heterocycles. The van der Waals surface area contributed by atoms with Gasteiger partial charge in [-0.15, -0.1) is 10.2 Å². The van der Waals surface area contributed by atoms with Crippen molar-refractivity contribution in [2.45, 2.75) is 44.2 Å². The average molecular weight is 328 g/mol. The predicted octanol–water partition coefficient (Wildman–Crippen LogP) is 2.73. The van der Waals surface area contributed by atoms with E-state index in [1.165, 1.54) is 29.8 Å². The van der Waals surface area contributed by atoms with Crippen LogP contribution in [0.2, 0.25) is 0 Å². The molecule has 2 N–H and O–H groups in total. The fourth-order valence-electron chi connectivity index (χ4n) is 3.48. The van der Waals surface area contributed by atoms with Gasteiger partial charge in [0.25, 0.3) is 0 Å². The van der Waals surface area contributed by atoms with Crippen molar-refractivity contribution in [1.82, 2.24) is 20.8 Å². The number of hydrogen-bond donors (Lipinski definition) is 2. The standard InChI is InChI=1S/C18H24N4S/c1-2-5-13(6-3-1)9-15-10-19-11-16(15)20-12-17-21-22-18(23-17)14-7-4-8-14/h1-3,5-6,14-16,19-20H,4,7-12H2/t15-,16+/m0/s1. The predicted molar refractivity (Wildman–Crippen MR) is 93.6 cm³/mol. The molecule has 2 fully saturated rings. The van der Waals surface area contributed by atoms with Crippen molar-refractivity contribution in [3.63, 3.8) is 0 Å². The Balaban J connectivity index is 1.31. The highest BCUT2D eigenvalue weighted by Crippen LogP contribution is 2.37. The summed E-state index contributed by atoms with van der Waals surface area (Å²) in [4.78, 5) is 0. The lowest BCUT2D eigenvalue weighted by Gasteiger charge is -2.22. The van der Waals surface area contributed by atoms with E-state index in [0.29, 0.717) is 17.9 Å². The first-order chi connectivity index (χ1) is 11.4. The van der Waals surface area contributed by atoms with Gasteiger partial charge in [-0.05, 0) is 37.3 Å². The second kappa shape index (κ2) is 7.07. The van der Waals surface area contributed by atoms with Gasteiger partial charge in [-0.2, -0.15) is 0 Å². The normalized spacial score (nSPS) is 24.7. The first-order valence-electron chi connectivity index (χ1n) is 8.69. The van der Waals surface area contributed by atoms with Crippen LogP contribution in [0, 0.1) is 5.92 Å². The number of hydrogen-bond acceptors (Lipinski definition) is 5. The van der Waals surface area contributed by atoms with Crippen LogP contribution in [0.1, 0.15) is 40.8 Å². The Morgan fingerprint density at radius 1 is 1.13 bits per heavy atom. The zero-order valence-electron chi connectivity index (χ0n) is 13.4. The zero-order valence-corrected chi connectivity index (χ0v) is 14.2. The smallest absolute Gasteiger partial charge is 0.131 e. The minimum Gasteiger partial charge on any atom is -0.315 e. The largest absolute Gasteiger partial charge is 0.315 e. The van der Waals surface area contributed by atoms with Crippen LogP contribution in [0.5, 0.6) is 0 Å². The van der Waals surface area contributed by atoms with Crippen molar-refractivity contribution in [3.05, 3.63) is 45.9 Å². The Kier molecular flexibility index (Phi) is 4.69. The summed E-state index contributed by atoms with van der Waals surface area (Å²) in [6.45, 7) is 2.99.